The number of hydrogen-bond donors (Lipinski definition) is 1. The van der Waals surface area contributed by atoms with Crippen molar-refractivity contribution in [1.82, 2.24) is 14.6 Å². The molecule has 0 spiro atoms. The zero-order chi connectivity index (χ0) is 20.2. The lowest BCUT2D eigenvalue weighted by Gasteiger charge is -2.05. The summed E-state index contributed by atoms with van der Waals surface area (Å²) < 4.78 is 8.18. The number of anilines is 1. The van der Waals surface area contributed by atoms with Crippen molar-refractivity contribution in [2.24, 2.45) is 0 Å². The highest BCUT2D eigenvalue weighted by molar-refractivity contribution is 9.10. The van der Waals surface area contributed by atoms with Crippen molar-refractivity contribution in [2.75, 3.05) is 18.2 Å². The van der Waals surface area contributed by atoms with Crippen LogP contribution in [-0.2, 0) is 4.79 Å². The molecule has 0 unspecified atom stereocenters. The van der Waals surface area contributed by atoms with E-state index in [4.69, 9.17) is 4.74 Å². The standard InChI is InChI=1S/C21H17BrN4O2S/c1-28-19-5-3-2-4-16(19)17-12-18-21(23-10-11-26(18)25-17)29-13-20(27)24-15-8-6-14(22)7-9-15/h2-12H,13H2,1H3,(H,24,27). The summed E-state index contributed by atoms with van der Waals surface area (Å²) >= 11 is 4.76. The lowest BCUT2D eigenvalue weighted by atomic mass is 10.1. The van der Waals surface area contributed by atoms with Crippen LogP contribution in [0.15, 0.2) is 76.5 Å². The van der Waals surface area contributed by atoms with E-state index in [0.717, 1.165) is 37.7 Å². The van der Waals surface area contributed by atoms with Crippen molar-refractivity contribution in [3.05, 3.63) is 71.5 Å². The van der Waals surface area contributed by atoms with E-state index in [1.165, 1.54) is 11.8 Å². The molecule has 0 aliphatic carbocycles. The third kappa shape index (κ3) is 4.44. The summed E-state index contributed by atoms with van der Waals surface area (Å²) in [6, 6.07) is 17.2. The van der Waals surface area contributed by atoms with Gasteiger partial charge in [-0.2, -0.15) is 5.10 Å². The highest BCUT2D eigenvalue weighted by atomic mass is 79.9. The third-order valence-electron chi connectivity index (χ3n) is 4.21. The number of benzene rings is 2. The molecule has 0 bridgehead atoms. The van der Waals surface area contributed by atoms with Crippen LogP contribution >= 0.6 is 27.7 Å². The van der Waals surface area contributed by atoms with E-state index in [1.807, 2.05) is 54.6 Å². The van der Waals surface area contributed by atoms with E-state index in [1.54, 1.807) is 24.0 Å². The van der Waals surface area contributed by atoms with Gasteiger partial charge in [-0.25, -0.2) is 9.50 Å². The second kappa shape index (κ2) is 8.67. The molecule has 6 nitrogen and oxygen atoms in total. The van der Waals surface area contributed by atoms with E-state index in [9.17, 15) is 4.79 Å². The number of hydrogen-bond acceptors (Lipinski definition) is 5. The van der Waals surface area contributed by atoms with Crippen LogP contribution in [0.3, 0.4) is 0 Å². The van der Waals surface area contributed by atoms with Crippen LogP contribution in [0.2, 0.25) is 0 Å². The van der Waals surface area contributed by atoms with E-state index >= 15 is 0 Å². The van der Waals surface area contributed by atoms with Gasteiger partial charge in [0.05, 0.1) is 24.1 Å². The first-order chi connectivity index (χ1) is 14.1. The molecule has 0 fully saturated rings. The predicted molar refractivity (Wildman–Crippen MR) is 118 cm³/mol. The molecule has 146 valence electrons. The van der Waals surface area contributed by atoms with Crippen molar-refractivity contribution < 1.29 is 9.53 Å². The fraction of sp³-hybridized carbons (Fsp3) is 0.0952. The third-order valence-corrected chi connectivity index (χ3v) is 5.73. The molecule has 2 heterocycles. The Morgan fingerprint density at radius 3 is 2.79 bits per heavy atom. The topological polar surface area (TPSA) is 68.5 Å². The quantitative estimate of drug-likeness (QED) is 0.407. The average Bonchev–Trinajstić information content (AvgIpc) is 3.18. The minimum absolute atomic E-state index is 0.0920. The fourth-order valence-corrected chi connectivity index (χ4v) is 3.90. The number of aromatic nitrogens is 3. The number of amides is 1. The maximum absolute atomic E-state index is 12.3. The number of para-hydroxylation sites is 1. The van der Waals surface area contributed by atoms with Crippen LogP contribution in [0, 0.1) is 0 Å². The number of thioether (sulfide) groups is 1. The summed E-state index contributed by atoms with van der Waals surface area (Å²) in [6.45, 7) is 0. The molecular weight excluding hydrogens is 452 g/mol. The second-order valence-corrected chi connectivity index (χ2v) is 8.02. The normalized spacial score (nSPS) is 10.8. The Morgan fingerprint density at radius 1 is 1.21 bits per heavy atom. The first-order valence-corrected chi connectivity index (χ1v) is 10.6. The maximum atomic E-state index is 12.3. The largest absolute Gasteiger partial charge is 0.496 e. The lowest BCUT2D eigenvalue weighted by Crippen LogP contribution is -2.14. The summed E-state index contributed by atoms with van der Waals surface area (Å²) in [4.78, 5) is 16.7. The molecule has 8 heteroatoms. The number of rotatable bonds is 6. The van der Waals surface area contributed by atoms with Gasteiger partial charge in [-0.15, -0.1) is 0 Å². The van der Waals surface area contributed by atoms with Crippen LogP contribution in [0.4, 0.5) is 5.69 Å². The molecule has 0 aliphatic rings. The van der Waals surface area contributed by atoms with Crippen LogP contribution in [-0.4, -0.2) is 33.4 Å². The molecule has 0 saturated heterocycles. The van der Waals surface area contributed by atoms with Crippen LogP contribution < -0.4 is 10.1 Å². The van der Waals surface area contributed by atoms with Gasteiger partial charge in [-0.05, 0) is 42.5 Å². The van der Waals surface area contributed by atoms with E-state index in [0.29, 0.717) is 0 Å². The number of fused-ring (bicyclic) bond motifs is 1. The number of methoxy groups -OCH3 is 1. The second-order valence-electron chi connectivity index (χ2n) is 6.14. The molecule has 0 saturated carbocycles. The van der Waals surface area contributed by atoms with Crippen molar-refractivity contribution in [3.8, 4) is 17.0 Å². The van der Waals surface area contributed by atoms with Crippen LogP contribution in [0.25, 0.3) is 16.8 Å². The van der Waals surface area contributed by atoms with Gasteiger partial charge >= 0.3 is 0 Å². The Labute approximate surface area is 180 Å². The van der Waals surface area contributed by atoms with Gasteiger partial charge in [0, 0.05) is 28.1 Å². The molecule has 0 atom stereocenters. The monoisotopic (exact) mass is 468 g/mol. The first-order valence-electron chi connectivity index (χ1n) is 8.80. The Balaban J connectivity index is 1.53. The molecule has 4 rings (SSSR count). The summed E-state index contributed by atoms with van der Waals surface area (Å²) in [5, 5.41) is 8.26. The van der Waals surface area contributed by atoms with Crippen molar-refractivity contribution >= 4 is 44.8 Å². The van der Waals surface area contributed by atoms with E-state index < -0.39 is 0 Å². The van der Waals surface area contributed by atoms with Crippen LogP contribution in [0.1, 0.15) is 0 Å². The molecule has 2 aromatic heterocycles. The van der Waals surface area contributed by atoms with Gasteiger partial charge in [0.15, 0.2) is 0 Å². The minimum Gasteiger partial charge on any atom is -0.496 e. The highest BCUT2D eigenvalue weighted by Gasteiger charge is 2.13. The molecule has 1 amide bonds. The zero-order valence-electron chi connectivity index (χ0n) is 15.5. The number of halogens is 1. The lowest BCUT2D eigenvalue weighted by molar-refractivity contribution is -0.113. The fourth-order valence-electron chi connectivity index (χ4n) is 2.86. The predicted octanol–water partition coefficient (Wildman–Crippen LogP) is 4.90. The number of nitrogens with zero attached hydrogens (tertiary/aromatic N) is 3. The Hall–Kier alpha value is -2.84. The number of carbonyl (C=O) groups is 1. The smallest absolute Gasteiger partial charge is 0.234 e. The van der Waals surface area contributed by atoms with Gasteiger partial charge in [-0.3, -0.25) is 4.79 Å². The summed E-state index contributed by atoms with van der Waals surface area (Å²) in [5.41, 5.74) is 3.29. The van der Waals surface area contributed by atoms with Gasteiger partial charge in [-0.1, -0.05) is 39.8 Å². The van der Waals surface area contributed by atoms with Crippen molar-refractivity contribution in [1.29, 1.82) is 0 Å². The maximum Gasteiger partial charge on any atom is 0.234 e. The zero-order valence-corrected chi connectivity index (χ0v) is 17.9. The van der Waals surface area contributed by atoms with Gasteiger partial charge in [0.25, 0.3) is 0 Å². The summed E-state index contributed by atoms with van der Waals surface area (Å²) in [6.07, 6.45) is 3.47. The molecule has 0 aliphatic heterocycles. The number of carbonyl (C=O) groups excluding carboxylic acids is 1. The van der Waals surface area contributed by atoms with E-state index in [-0.39, 0.29) is 11.7 Å². The molecule has 2 aromatic carbocycles. The Bertz CT molecular complexity index is 1160. The van der Waals surface area contributed by atoms with Gasteiger partial charge < -0.3 is 10.1 Å². The van der Waals surface area contributed by atoms with Gasteiger partial charge in [0.2, 0.25) is 5.91 Å². The molecule has 4 aromatic rings. The molecule has 29 heavy (non-hydrogen) atoms. The molecule has 0 radical (unpaired) electrons. The Morgan fingerprint density at radius 2 is 2.00 bits per heavy atom. The number of ether oxygens (including phenoxy) is 1. The summed E-state index contributed by atoms with van der Waals surface area (Å²) in [5.74, 6) is 0.912. The summed E-state index contributed by atoms with van der Waals surface area (Å²) in [7, 11) is 1.64. The number of nitrogens with one attached hydrogen (secondary N) is 1. The average molecular weight is 469 g/mol. The SMILES string of the molecule is COc1ccccc1-c1cc2c(SCC(=O)Nc3ccc(Br)cc3)nccn2n1. The highest BCUT2D eigenvalue weighted by Crippen LogP contribution is 2.31. The van der Waals surface area contributed by atoms with Crippen molar-refractivity contribution in [2.45, 2.75) is 5.03 Å². The van der Waals surface area contributed by atoms with E-state index in [2.05, 4.69) is 31.3 Å². The van der Waals surface area contributed by atoms with Crippen molar-refractivity contribution in [3.63, 3.8) is 0 Å². The molecule has 1 N–H and O–H groups in total. The minimum atomic E-state index is -0.0920. The van der Waals surface area contributed by atoms with Crippen LogP contribution in [0.5, 0.6) is 5.75 Å². The van der Waals surface area contributed by atoms with Gasteiger partial charge in [0.1, 0.15) is 10.8 Å². The Kier molecular flexibility index (Phi) is 5.82. The first kappa shape index (κ1) is 19.5. The molecular formula is C21H17BrN4O2S.